The Morgan fingerprint density at radius 3 is 2.37 bits per heavy atom. The highest BCUT2D eigenvalue weighted by Crippen LogP contribution is 2.63. The molecule has 2 aliphatic carbocycles. The predicted molar refractivity (Wildman–Crippen MR) is 59.8 cm³/mol. The first-order valence-corrected chi connectivity index (χ1v) is 5.90. The summed E-state index contributed by atoms with van der Waals surface area (Å²) in [6.07, 6.45) is -1.96. The smallest absolute Gasteiger partial charge is 0.329 e. The number of nitrogens with two attached hydrogens (primary N) is 1. The van der Waals surface area contributed by atoms with Crippen LogP contribution in [0, 0.1) is 17.8 Å². The summed E-state index contributed by atoms with van der Waals surface area (Å²) in [4.78, 5) is 34.0. The van der Waals surface area contributed by atoms with Crippen LogP contribution < -0.4 is 11.1 Å². The maximum atomic E-state index is 13.8. The number of carboxylic acids is 2. The zero-order valence-electron chi connectivity index (χ0n) is 10.2. The molecule has 0 radical (unpaired) electrons. The highest BCUT2D eigenvalue weighted by Gasteiger charge is 2.76. The van der Waals surface area contributed by atoms with Crippen molar-refractivity contribution in [3.8, 4) is 0 Å². The van der Waals surface area contributed by atoms with Crippen LogP contribution in [0.3, 0.4) is 0 Å². The molecule has 19 heavy (non-hydrogen) atoms. The van der Waals surface area contributed by atoms with Crippen molar-refractivity contribution in [3.63, 3.8) is 0 Å². The fourth-order valence-corrected chi connectivity index (χ4v) is 3.07. The maximum Gasteiger partial charge on any atom is 0.329 e. The third kappa shape index (κ3) is 1.86. The van der Waals surface area contributed by atoms with Crippen molar-refractivity contribution in [2.75, 3.05) is 0 Å². The molecule has 0 aromatic rings. The number of carboxylic acid groups (broad SMARTS) is 2. The Bertz CT molecular complexity index is 454. The number of fused-ring (bicyclic) bond motifs is 1. The molecule has 1 amide bonds. The maximum absolute atomic E-state index is 13.8. The van der Waals surface area contributed by atoms with E-state index in [0.29, 0.717) is 0 Å². The fraction of sp³-hybridized carbons (Fsp3) is 0.727. The number of hydrogen-bond donors (Lipinski definition) is 4. The predicted octanol–water partition coefficient (Wildman–Crippen LogP) is -1.04. The van der Waals surface area contributed by atoms with Gasteiger partial charge >= 0.3 is 11.9 Å². The van der Waals surface area contributed by atoms with Gasteiger partial charge in [-0.25, -0.2) is 9.18 Å². The van der Waals surface area contributed by atoms with Gasteiger partial charge in [0.05, 0.1) is 12.0 Å². The van der Waals surface area contributed by atoms with Crippen LogP contribution in [0.5, 0.6) is 0 Å². The van der Waals surface area contributed by atoms with Gasteiger partial charge in [0.2, 0.25) is 5.91 Å². The second kappa shape index (κ2) is 4.16. The van der Waals surface area contributed by atoms with Gasteiger partial charge < -0.3 is 21.3 Å². The van der Waals surface area contributed by atoms with Gasteiger partial charge in [0, 0.05) is 18.3 Å². The van der Waals surface area contributed by atoms with E-state index in [0.717, 1.165) is 0 Å². The minimum absolute atomic E-state index is 0.417. The van der Waals surface area contributed by atoms with Crippen LogP contribution in [0.4, 0.5) is 4.39 Å². The Hall–Kier alpha value is -1.70. The highest BCUT2D eigenvalue weighted by molar-refractivity contribution is 5.92. The number of nitrogens with one attached hydrogen (secondary N) is 1. The molecular weight excluding hydrogens is 259 g/mol. The summed E-state index contributed by atoms with van der Waals surface area (Å²) >= 11 is 0. The lowest BCUT2D eigenvalue weighted by atomic mass is 9.89. The molecule has 2 fully saturated rings. The molecule has 0 aromatic carbocycles. The van der Waals surface area contributed by atoms with E-state index < -0.39 is 59.8 Å². The molecule has 2 rings (SSSR count). The number of amides is 1. The van der Waals surface area contributed by atoms with Gasteiger partial charge in [-0.1, -0.05) is 0 Å². The Balaban J connectivity index is 2.29. The van der Waals surface area contributed by atoms with Gasteiger partial charge in [0.1, 0.15) is 11.7 Å². The molecule has 106 valence electrons. The van der Waals surface area contributed by atoms with Gasteiger partial charge in [0.25, 0.3) is 0 Å². The Labute approximate surface area is 108 Å². The van der Waals surface area contributed by atoms with E-state index in [-0.39, 0.29) is 0 Å². The number of carbonyl (C=O) groups excluding carboxylic acids is 1. The number of alkyl halides is 1. The van der Waals surface area contributed by atoms with E-state index in [1.54, 1.807) is 0 Å². The van der Waals surface area contributed by atoms with E-state index in [9.17, 15) is 23.9 Å². The first kappa shape index (κ1) is 13.7. The lowest BCUT2D eigenvalue weighted by Gasteiger charge is -2.29. The van der Waals surface area contributed by atoms with Crippen molar-refractivity contribution < 1.29 is 29.0 Å². The standard InChI is InChI=1S/C11H15FN2O5/c1-3(13)8(15)14-11(10(18)19)2-4(12)5-6(7(5)11)9(16)17/h3-7H,2,13H2,1H3,(H,14,15)(H,16,17)(H,18,19)/t3-,4-,5+,6+,7+,11+/m1/s1. The normalized spacial score (nSPS) is 41.2. The Kier molecular flexibility index (Phi) is 3.00. The van der Waals surface area contributed by atoms with E-state index in [2.05, 4.69) is 5.32 Å². The number of carbonyl (C=O) groups is 3. The third-order valence-corrected chi connectivity index (χ3v) is 4.01. The average molecular weight is 274 g/mol. The van der Waals surface area contributed by atoms with E-state index in [4.69, 9.17) is 10.8 Å². The van der Waals surface area contributed by atoms with Gasteiger partial charge in [-0.05, 0) is 6.92 Å². The van der Waals surface area contributed by atoms with Crippen LogP contribution in [-0.4, -0.2) is 45.8 Å². The first-order valence-electron chi connectivity index (χ1n) is 5.90. The van der Waals surface area contributed by atoms with Crippen molar-refractivity contribution >= 4 is 17.8 Å². The lowest BCUT2D eigenvalue weighted by Crippen LogP contribution is -2.59. The minimum atomic E-state index is -1.86. The Morgan fingerprint density at radius 1 is 1.42 bits per heavy atom. The molecule has 6 atom stereocenters. The third-order valence-electron chi connectivity index (χ3n) is 4.01. The zero-order valence-corrected chi connectivity index (χ0v) is 10.2. The largest absolute Gasteiger partial charge is 0.481 e. The summed E-state index contributed by atoms with van der Waals surface area (Å²) in [5.41, 5.74) is 3.48. The molecule has 0 heterocycles. The zero-order chi connectivity index (χ0) is 14.5. The number of halogens is 1. The number of rotatable bonds is 4. The summed E-state index contributed by atoms with van der Waals surface area (Å²) in [5, 5.41) is 20.5. The number of aliphatic carboxylic acids is 2. The van der Waals surface area contributed by atoms with Crippen LogP contribution in [0.15, 0.2) is 0 Å². The lowest BCUT2D eigenvalue weighted by molar-refractivity contribution is -0.150. The van der Waals surface area contributed by atoms with Crippen LogP contribution >= 0.6 is 0 Å². The molecule has 0 aliphatic heterocycles. The van der Waals surface area contributed by atoms with Crippen molar-refractivity contribution in [1.29, 1.82) is 0 Å². The van der Waals surface area contributed by atoms with Gasteiger partial charge in [-0.2, -0.15) is 0 Å². The quantitative estimate of drug-likeness (QED) is 0.518. The van der Waals surface area contributed by atoms with Crippen LogP contribution in [0.1, 0.15) is 13.3 Å². The summed E-state index contributed by atoms with van der Waals surface area (Å²) in [7, 11) is 0. The molecule has 2 saturated carbocycles. The fourth-order valence-electron chi connectivity index (χ4n) is 3.07. The molecule has 8 heteroatoms. The molecule has 0 aromatic heterocycles. The SMILES string of the molecule is C[C@@H](N)C(=O)N[C@@]1(C(=O)O)C[C@@H](F)[C@H]2[C@H](C(=O)O)[C@H]21. The van der Waals surface area contributed by atoms with Gasteiger partial charge in [-0.3, -0.25) is 9.59 Å². The van der Waals surface area contributed by atoms with E-state index >= 15 is 0 Å². The molecule has 0 spiro atoms. The van der Waals surface area contributed by atoms with Crippen molar-refractivity contribution in [2.45, 2.75) is 31.1 Å². The van der Waals surface area contributed by atoms with Crippen molar-refractivity contribution in [3.05, 3.63) is 0 Å². The molecule has 2 aliphatic rings. The van der Waals surface area contributed by atoms with E-state index in [1.165, 1.54) is 6.92 Å². The van der Waals surface area contributed by atoms with Crippen molar-refractivity contribution in [1.82, 2.24) is 5.32 Å². The van der Waals surface area contributed by atoms with Crippen LogP contribution in [0.25, 0.3) is 0 Å². The molecule has 7 nitrogen and oxygen atoms in total. The van der Waals surface area contributed by atoms with Gasteiger partial charge in [0.15, 0.2) is 0 Å². The molecular formula is C11H15FN2O5. The van der Waals surface area contributed by atoms with Crippen LogP contribution in [0.2, 0.25) is 0 Å². The molecule has 0 saturated heterocycles. The number of hydrogen-bond acceptors (Lipinski definition) is 4. The monoisotopic (exact) mass is 274 g/mol. The summed E-state index contributed by atoms with van der Waals surface area (Å²) in [6.45, 7) is 1.37. The summed E-state index contributed by atoms with van der Waals surface area (Å²) in [6, 6.07) is -0.949. The average Bonchev–Trinajstić information content (AvgIpc) is 2.96. The molecule has 5 N–H and O–H groups in total. The summed E-state index contributed by atoms with van der Waals surface area (Å²) < 4.78 is 13.8. The van der Waals surface area contributed by atoms with Crippen molar-refractivity contribution in [2.24, 2.45) is 23.5 Å². The van der Waals surface area contributed by atoms with Gasteiger partial charge in [-0.15, -0.1) is 0 Å². The topological polar surface area (TPSA) is 130 Å². The first-order chi connectivity index (χ1) is 8.72. The molecule has 0 bridgehead atoms. The second-order valence-corrected chi connectivity index (χ2v) is 5.24. The minimum Gasteiger partial charge on any atom is -0.481 e. The second-order valence-electron chi connectivity index (χ2n) is 5.24. The summed E-state index contributed by atoms with van der Waals surface area (Å²) in [5.74, 6) is -6.21. The molecule has 0 unspecified atom stereocenters. The highest BCUT2D eigenvalue weighted by atomic mass is 19.1. The van der Waals surface area contributed by atoms with Crippen LogP contribution in [-0.2, 0) is 14.4 Å². The Morgan fingerprint density at radius 2 is 2.00 bits per heavy atom. The van der Waals surface area contributed by atoms with E-state index in [1.807, 2.05) is 0 Å².